The Kier molecular flexibility index (Phi) is 2.79. The Bertz CT molecular complexity index is 125. The van der Waals surface area contributed by atoms with Crippen LogP contribution in [0.15, 0.2) is 0 Å². The second-order valence-electron chi connectivity index (χ2n) is 1.88. The maximum atomic E-state index is 11.9. The van der Waals surface area contributed by atoms with Crippen molar-refractivity contribution in [2.24, 2.45) is 0 Å². The summed E-state index contributed by atoms with van der Waals surface area (Å²) in [6, 6.07) is 0. The molecule has 6 heteroatoms. The van der Waals surface area contributed by atoms with Gasteiger partial charge in [-0.2, -0.15) is 22.0 Å². The lowest BCUT2D eigenvalue weighted by molar-refractivity contribution is -0.302. The number of halogens is 6. The van der Waals surface area contributed by atoms with Gasteiger partial charge in [0, 0.05) is 0 Å². The van der Waals surface area contributed by atoms with E-state index >= 15 is 0 Å². The molecule has 1 atom stereocenters. The van der Waals surface area contributed by atoms with Crippen LogP contribution in [0.25, 0.3) is 0 Å². The fourth-order valence-electron chi connectivity index (χ4n) is 0.359. The van der Waals surface area contributed by atoms with E-state index < -0.39 is 24.7 Å². The molecule has 0 bridgehead atoms. The molecule has 0 saturated heterocycles. The molecule has 0 aromatic heterocycles. The van der Waals surface area contributed by atoms with E-state index in [-0.39, 0.29) is 0 Å². The Morgan fingerprint density at radius 3 is 1.55 bits per heavy atom. The standard InChI is InChI=1S/C5H5F6/c1-2-3(6)4(7,8)5(9,10)11/h3H,1-2H2/t3-/m0/s1. The second-order valence-corrected chi connectivity index (χ2v) is 1.88. The molecule has 0 nitrogen and oxygen atoms in total. The van der Waals surface area contributed by atoms with Gasteiger partial charge in [-0.1, -0.05) is 6.92 Å². The van der Waals surface area contributed by atoms with E-state index in [4.69, 9.17) is 0 Å². The third-order valence-corrected chi connectivity index (χ3v) is 1.02. The molecule has 0 aliphatic heterocycles. The van der Waals surface area contributed by atoms with E-state index in [2.05, 4.69) is 6.92 Å². The summed E-state index contributed by atoms with van der Waals surface area (Å²) in [6.07, 6.45) is -10.2. The predicted octanol–water partition coefficient (Wildman–Crippen LogP) is 2.75. The average Bonchev–Trinajstić information content (AvgIpc) is 1.83. The van der Waals surface area contributed by atoms with Gasteiger partial charge >= 0.3 is 12.1 Å². The van der Waals surface area contributed by atoms with Crippen molar-refractivity contribution in [3.05, 3.63) is 6.92 Å². The first-order chi connectivity index (χ1) is 4.73. The number of rotatable bonds is 2. The first-order valence-corrected chi connectivity index (χ1v) is 2.61. The van der Waals surface area contributed by atoms with Crippen molar-refractivity contribution in [3.8, 4) is 0 Å². The molecule has 0 rings (SSSR count). The van der Waals surface area contributed by atoms with Gasteiger partial charge in [0.15, 0.2) is 6.17 Å². The number of hydrogen-bond donors (Lipinski definition) is 0. The number of alkyl halides is 6. The molecular weight excluding hydrogens is 174 g/mol. The van der Waals surface area contributed by atoms with E-state index in [1.165, 1.54) is 0 Å². The van der Waals surface area contributed by atoms with Crippen LogP contribution in [-0.2, 0) is 0 Å². The van der Waals surface area contributed by atoms with Gasteiger partial charge in [0.25, 0.3) is 0 Å². The highest BCUT2D eigenvalue weighted by atomic mass is 19.4. The van der Waals surface area contributed by atoms with E-state index in [9.17, 15) is 26.3 Å². The van der Waals surface area contributed by atoms with Crippen LogP contribution in [-0.4, -0.2) is 18.3 Å². The van der Waals surface area contributed by atoms with Crippen molar-refractivity contribution in [3.63, 3.8) is 0 Å². The molecule has 0 heterocycles. The second kappa shape index (κ2) is 2.91. The first-order valence-electron chi connectivity index (χ1n) is 2.61. The van der Waals surface area contributed by atoms with Gasteiger partial charge in [0.05, 0.1) is 0 Å². The molecule has 0 spiro atoms. The zero-order valence-electron chi connectivity index (χ0n) is 5.26. The molecule has 0 aliphatic carbocycles. The minimum atomic E-state index is -5.83. The molecule has 0 saturated carbocycles. The third-order valence-electron chi connectivity index (χ3n) is 1.02. The molecule has 0 aromatic carbocycles. The van der Waals surface area contributed by atoms with Gasteiger partial charge < -0.3 is 0 Å². The fourth-order valence-corrected chi connectivity index (χ4v) is 0.359. The van der Waals surface area contributed by atoms with E-state index in [1.807, 2.05) is 0 Å². The van der Waals surface area contributed by atoms with Crippen molar-refractivity contribution in [2.75, 3.05) is 0 Å². The first kappa shape index (κ1) is 10.6. The molecule has 67 valence electrons. The normalized spacial score (nSPS) is 16.6. The largest absolute Gasteiger partial charge is 0.456 e. The Balaban J connectivity index is 4.45. The highest BCUT2D eigenvalue weighted by molar-refractivity contribution is 4.84. The maximum absolute atomic E-state index is 11.9. The minimum absolute atomic E-state index is 1.10. The van der Waals surface area contributed by atoms with Crippen LogP contribution in [0.5, 0.6) is 0 Å². The molecule has 0 aromatic rings. The van der Waals surface area contributed by atoms with Crippen molar-refractivity contribution < 1.29 is 26.3 Å². The topological polar surface area (TPSA) is 0 Å². The molecule has 11 heavy (non-hydrogen) atoms. The van der Waals surface area contributed by atoms with Crippen molar-refractivity contribution >= 4 is 0 Å². The summed E-state index contributed by atoms with van der Waals surface area (Å²) in [5.74, 6) is -5.28. The van der Waals surface area contributed by atoms with E-state index in [0.29, 0.717) is 0 Å². The molecule has 0 unspecified atom stereocenters. The minimum Gasteiger partial charge on any atom is -0.240 e. The van der Waals surface area contributed by atoms with Crippen molar-refractivity contribution in [1.29, 1.82) is 0 Å². The smallest absolute Gasteiger partial charge is 0.240 e. The molecule has 1 radical (unpaired) electrons. The van der Waals surface area contributed by atoms with E-state index in [1.54, 1.807) is 0 Å². The fraction of sp³-hybridized carbons (Fsp3) is 0.800. The maximum Gasteiger partial charge on any atom is 0.456 e. The zero-order chi connectivity index (χ0) is 9.28. The number of hydrogen-bond acceptors (Lipinski definition) is 0. The van der Waals surface area contributed by atoms with Crippen LogP contribution < -0.4 is 0 Å². The van der Waals surface area contributed by atoms with Gasteiger partial charge in [-0.3, -0.25) is 0 Å². The predicted molar refractivity (Wildman–Crippen MR) is 25.9 cm³/mol. The molecule has 0 N–H and O–H groups in total. The summed E-state index contributed by atoms with van der Waals surface area (Å²) in [6.45, 7) is 2.61. The monoisotopic (exact) mass is 179 g/mol. The average molecular weight is 179 g/mol. The lowest BCUT2D eigenvalue weighted by Crippen LogP contribution is -2.44. The highest BCUT2D eigenvalue weighted by Crippen LogP contribution is 2.40. The quantitative estimate of drug-likeness (QED) is 0.571. The molecule has 0 fully saturated rings. The Morgan fingerprint density at radius 1 is 1.09 bits per heavy atom. The zero-order valence-corrected chi connectivity index (χ0v) is 5.26. The Labute approximate surface area is 59.2 Å². The van der Waals surface area contributed by atoms with Crippen LogP contribution in [0.4, 0.5) is 26.3 Å². The van der Waals surface area contributed by atoms with Gasteiger partial charge in [-0.15, -0.1) is 0 Å². The van der Waals surface area contributed by atoms with Gasteiger partial charge in [0.2, 0.25) is 0 Å². The molecule has 0 aliphatic rings. The van der Waals surface area contributed by atoms with Gasteiger partial charge in [-0.05, 0) is 6.42 Å². The van der Waals surface area contributed by atoms with Crippen LogP contribution in [0, 0.1) is 6.92 Å². The van der Waals surface area contributed by atoms with E-state index in [0.717, 1.165) is 0 Å². The van der Waals surface area contributed by atoms with Crippen molar-refractivity contribution in [2.45, 2.75) is 24.7 Å². The molecule has 0 amide bonds. The van der Waals surface area contributed by atoms with Gasteiger partial charge in [-0.25, -0.2) is 4.39 Å². The lowest BCUT2D eigenvalue weighted by Gasteiger charge is -2.21. The van der Waals surface area contributed by atoms with Crippen LogP contribution >= 0.6 is 0 Å². The lowest BCUT2D eigenvalue weighted by atomic mass is 10.1. The SMILES string of the molecule is [CH2]C[C@H](F)C(F)(F)C(F)(F)F. The summed E-state index contributed by atoms with van der Waals surface area (Å²) in [5, 5.41) is 0. The van der Waals surface area contributed by atoms with Crippen LogP contribution in [0.3, 0.4) is 0 Å². The summed E-state index contributed by atoms with van der Waals surface area (Å²) < 4.78 is 69.2. The van der Waals surface area contributed by atoms with Crippen LogP contribution in [0.1, 0.15) is 6.42 Å². The highest BCUT2D eigenvalue weighted by Gasteiger charge is 2.62. The molecular formula is C5H5F6. The van der Waals surface area contributed by atoms with Crippen LogP contribution in [0.2, 0.25) is 0 Å². The Hall–Kier alpha value is -0.420. The third kappa shape index (κ3) is 2.00. The summed E-state index contributed by atoms with van der Waals surface area (Å²) in [7, 11) is 0. The van der Waals surface area contributed by atoms with Crippen molar-refractivity contribution in [1.82, 2.24) is 0 Å². The van der Waals surface area contributed by atoms with Gasteiger partial charge in [0.1, 0.15) is 0 Å². The summed E-state index contributed by atoms with van der Waals surface area (Å²) in [5.41, 5.74) is 0. The summed E-state index contributed by atoms with van der Waals surface area (Å²) in [4.78, 5) is 0. The summed E-state index contributed by atoms with van der Waals surface area (Å²) >= 11 is 0. The Morgan fingerprint density at radius 2 is 1.45 bits per heavy atom.